The van der Waals surface area contributed by atoms with E-state index >= 15 is 0 Å². The van der Waals surface area contributed by atoms with E-state index in [0.29, 0.717) is 24.2 Å². The monoisotopic (exact) mass is 438 g/mol. The number of rotatable bonds is 2. The number of hydrogen-bond acceptors (Lipinski definition) is 7. The predicted octanol–water partition coefficient (Wildman–Crippen LogP) is 1.86. The highest BCUT2D eigenvalue weighted by atomic mass is 16.6. The number of piperidine rings is 3. The topological polar surface area (TPSA) is 68.3 Å². The summed E-state index contributed by atoms with van der Waals surface area (Å²) in [5.41, 5.74) is 1.49. The van der Waals surface area contributed by atoms with Gasteiger partial charge in [0.2, 0.25) is 0 Å². The average Bonchev–Trinajstić information content (AvgIpc) is 3.51. The largest absolute Gasteiger partial charge is 0.450 e. The van der Waals surface area contributed by atoms with E-state index in [1.165, 1.54) is 18.4 Å². The van der Waals surface area contributed by atoms with Crippen molar-refractivity contribution in [2.24, 2.45) is 0 Å². The maximum absolute atomic E-state index is 12.3. The SMILES string of the molecule is O=C1C=C2C[C@@H](O[C@@H]3C[C@@]45OC(=O)C=C4C[C@@H]3N3CCCC[C@@H]35)[C@@H]3C[C@@]2(O1)[C@H]1CCCN31. The van der Waals surface area contributed by atoms with Gasteiger partial charge in [-0.2, -0.15) is 0 Å². The van der Waals surface area contributed by atoms with Gasteiger partial charge in [-0.3, -0.25) is 9.80 Å². The third-order valence-electron chi connectivity index (χ3n) is 10.1. The molecule has 170 valence electrons. The Morgan fingerprint density at radius 2 is 1.44 bits per heavy atom. The third kappa shape index (κ3) is 2.14. The Morgan fingerprint density at radius 3 is 2.25 bits per heavy atom. The molecular formula is C25H30N2O5. The first-order valence-corrected chi connectivity index (χ1v) is 12.6. The van der Waals surface area contributed by atoms with Gasteiger partial charge in [0.15, 0.2) is 11.2 Å². The molecule has 0 aromatic carbocycles. The molecule has 9 rings (SSSR count). The van der Waals surface area contributed by atoms with Crippen molar-refractivity contribution in [1.82, 2.24) is 9.80 Å². The van der Waals surface area contributed by atoms with Crippen LogP contribution < -0.4 is 0 Å². The summed E-state index contributed by atoms with van der Waals surface area (Å²) in [6.07, 6.45) is 12.7. The van der Waals surface area contributed by atoms with Gasteiger partial charge in [-0.25, -0.2) is 9.59 Å². The standard InChI is InChI=1S/C25H30N2O5/c28-22-10-14-8-16-19(13-25(14,32-22)20-4-1-2-6-26(16)20)30-18-9-15-11-23(29)31-24(15)12-17(18)27-7-3-5-21(24)27/h10-11,16-21H,1-9,12-13H2/t16-,17-,18+,19+,20+,21+,24-,25+/m0/s1. The summed E-state index contributed by atoms with van der Waals surface area (Å²) in [5, 5.41) is 0. The van der Waals surface area contributed by atoms with Crippen molar-refractivity contribution in [3.05, 3.63) is 23.3 Å². The molecule has 7 aliphatic heterocycles. The van der Waals surface area contributed by atoms with Crippen LogP contribution in [0.5, 0.6) is 0 Å². The predicted molar refractivity (Wildman–Crippen MR) is 113 cm³/mol. The van der Waals surface area contributed by atoms with Crippen molar-refractivity contribution < 1.29 is 23.8 Å². The molecule has 32 heavy (non-hydrogen) atoms. The Hall–Kier alpha value is -1.70. The van der Waals surface area contributed by atoms with Crippen molar-refractivity contribution in [1.29, 1.82) is 0 Å². The maximum Gasteiger partial charge on any atom is 0.331 e. The fourth-order valence-electron chi connectivity index (χ4n) is 9.01. The molecule has 0 N–H and O–H groups in total. The molecular weight excluding hydrogens is 408 g/mol. The molecule has 8 atom stereocenters. The molecule has 2 aliphatic carbocycles. The lowest BCUT2D eigenvalue weighted by Gasteiger charge is -2.61. The number of ether oxygens (including phenoxy) is 3. The summed E-state index contributed by atoms with van der Waals surface area (Å²) in [6, 6.07) is 1.25. The first-order valence-electron chi connectivity index (χ1n) is 12.6. The fourth-order valence-corrected chi connectivity index (χ4v) is 9.01. The van der Waals surface area contributed by atoms with Crippen molar-refractivity contribution >= 4 is 11.9 Å². The number of fused-ring (bicyclic) bond motifs is 4. The molecule has 7 heteroatoms. The number of carbonyl (C=O) groups excluding carboxylic acids is 2. The van der Waals surface area contributed by atoms with E-state index in [0.717, 1.165) is 63.6 Å². The molecule has 7 nitrogen and oxygen atoms in total. The van der Waals surface area contributed by atoms with Gasteiger partial charge < -0.3 is 14.2 Å². The number of esters is 2. The molecule has 7 heterocycles. The van der Waals surface area contributed by atoms with Crippen molar-refractivity contribution in [2.75, 3.05) is 13.1 Å². The maximum atomic E-state index is 12.3. The van der Waals surface area contributed by atoms with E-state index in [2.05, 4.69) is 9.80 Å². The number of carbonyl (C=O) groups is 2. The summed E-state index contributed by atoms with van der Waals surface area (Å²) < 4.78 is 19.1. The van der Waals surface area contributed by atoms with E-state index in [1.54, 1.807) is 12.2 Å². The molecule has 2 saturated carbocycles. The van der Waals surface area contributed by atoms with Crippen LogP contribution in [0.2, 0.25) is 0 Å². The minimum atomic E-state index is -0.479. The van der Waals surface area contributed by atoms with Crippen molar-refractivity contribution in [3.8, 4) is 0 Å². The van der Waals surface area contributed by atoms with Crippen LogP contribution >= 0.6 is 0 Å². The molecule has 0 amide bonds. The zero-order valence-corrected chi connectivity index (χ0v) is 18.3. The second-order valence-electron chi connectivity index (χ2n) is 11.3. The van der Waals surface area contributed by atoms with Crippen LogP contribution in [0.25, 0.3) is 0 Å². The van der Waals surface area contributed by atoms with Crippen LogP contribution in [0.3, 0.4) is 0 Å². The quantitative estimate of drug-likeness (QED) is 0.610. The second kappa shape index (κ2) is 6.05. The van der Waals surface area contributed by atoms with E-state index in [-0.39, 0.29) is 24.1 Å². The summed E-state index contributed by atoms with van der Waals surface area (Å²) in [5.74, 6) is -0.343. The van der Waals surface area contributed by atoms with Gasteiger partial charge in [-0.15, -0.1) is 0 Å². The molecule has 0 unspecified atom stereocenters. The van der Waals surface area contributed by atoms with Gasteiger partial charge >= 0.3 is 11.9 Å². The van der Waals surface area contributed by atoms with Gasteiger partial charge in [0.05, 0.1) is 24.3 Å². The summed E-state index contributed by atoms with van der Waals surface area (Å²) in [7, 11) is 0. The van der Waals surface area contributed by atoms with Crippen LogP contribution in [0.15, 0.2) is 23.3 Å². The Balaban J connectivity index is 1.13. The van der Waals surface area contributed by atoms with Crippen LogP contribution in [0.4, 0.5) is 0 Å². The fraction of sp³-hybridized carbons (Fsp3) is 0.760. The number of hydrogen-bond donors (Lipinski definition) is 0. The Kier molecular flexibility index (Phi) is 3.53. The smallest absolute Gasteiger partial charge is 0.331 e. The first-order chi connectivity index (χ1) is 15.6. The molecule has 2 spiro atoms. The van der Waals surface area contributed by atoms with E-state index in [1.807, 2.05) is 0 Å². The average molecular weight is 439 g/mol. The zero-order valence-electron chi connectivity index (χ0n) is 18.3. The highest BCUT2D eigenvalue weighted by Crippen LogP contribution is 2.58. The lowest BCUT2D eigenvalue weighted by Crippen LogP contribution is -2.72. The third-order valence-corrected chi connectivity index (χ3v) is 10.1. The van der Waals surface area contributed by atoms with Crippen molar-refractivity contribution in [3.63, 3.8) is 0 Å². The molecule has 0 aromatic heterocycles. The van der Waals surface area contributed by atoms with Crippen LogP contribution in [0, 0.1) is 0 Å². The normalized spacial score (nSPS) is 50.9. The van der Waals surface area contributed by atoms with Crippen molar-refractivity contribution in [2.45, 2.75) is 105 Å². The summed E-state index contributed by atoms with van der Waals surface area (Å²) in [4.78, 5) is 29.8. The first kappa shape index (κ1) is 18.7. The van der Waals surface area contributed by atoms with E-state index in [4.69, 9.17) is 14.2 Å². The van der Waals surface area contributed by atoms with Gasteiger partial charge in [0, 0.05) is 43.5 Å². The summed E-state index contributed by atoms with van der Waals surface area (Å²) in [6.45, 7) is 2.14. The Bertz CT molecular complexity index is 991. The molecule has 0 radical (unpaired) electrons. The van der Waals surface area contributed by atoms with Gasteiger partial charge in [-0.05, 0) is 56.3 Å². The van der Waals surface area contributed by atoms with Gasteiger partial charge in [-0.1, -0.05) is 6.42 Å². The Labute approximate surface area is 187 Å². The lowest BCUT2D eigenvalue weighted by molar-refractivity contribution is -0.208. The molecule has 5 saturated heterocycles. The van der Waals surface area contributed by atoms with E-state index < -0.39 is 11.2 Å². The highest BCUT2D eigenvalue weighted by Gasteiger charge is 2.67. The van der Waals surface area contributed by atoms with E-state index in [9.17, 15) is 9.59 Å². The molecule has 9 aliphatic rings. The molecule has 4 bridgehead atoms. The van der Waals surface area contributed by atoms with Gasteiger partial charge in [0.1, 0.15) is 0 Å². The summed E-state index contributed by atoms with van der Waals surface area (Å²) >= 11 is 0. The van der Waals surface area contributed by atoms with Crippen LogP contribution in [0.1, 0.15) is 57.8 Å². The lowest BCUT2D eigenvalue weighted by atomic mass is 9.64. The van der Waals surface area contributed by atoms with Crippen LogP contribution in [-0.4, -0.2) is 82.4 Å². The zero-order chi connectivity index (χ0) is 21.2. The minimum absolute atomic E-state index is 0.0603. The highest BCUT2D eigenvalue weighted by molar-refractivity contribution is 5.88. The minimum Gasteiger partial charge on any atom is -0.450 e. The van der Waals surface area contributed by atoms with Gasteiger partial charge in [0.25, 0.3) is 0 Å². The molecule has 0 aromatic rings. The Morgan fingerprint density at radius 1 is 0.781 bits per heavy atom. The number of nitrogens with zero attached hydrogens (tertiary/aromatic N) is 2. The van der Waals surface area contributed by atoms with Crippen LogP contribution in [-0.2, 0) is 23.8 Å². The second-order valence-corrected chi connectivity index (χ2v) is 11.3. The molecule has 7 fully saturated rings.